The summed E-state index contributed by atoms with van der Waals surface area (Å²) in [6.07, 6.45) is 4.55. The first-order chi connectivity index (χ1) is 19.1. The van der Waals surface area contributed by atoms with Crippen molar-refractivity contribution in [3.63, 3.8) is 0 Å². The molecule has 3 fully saturated rings. The molecule has 2 aromatic heterocycles. The van der Waals surface area contributed by atoms with E-state index in [2.05, 4.69) is 25.5 Å². The van der Waals surface area contributed by atoms with Crippen molar-refractivity contribution < 1.29 is 19.0 Å². The Morgan fingerprint density at radius 2 is 1.92 bits per heavy atom. The van der Waals surface area contributed by atoms with Gasteiger partial charge in [0.2, 0.25) is 5.95 Å². The number of hydrogen-bond donors (Lipinski definition) is 3. The van der Waals surface area contributed by atoms with Crippen molar-refractivity contribution >= 4 is 46.0 Å². The van der Waals surface area contributed by atoms with Crippen LogP contribution in [-0.2, 0) is 9.47 Å². The second-order valence-electron chi connectivity index (χ2n) is 10.2. The number of nitrogens with one attached hydrogen (secondary N) is 3. The number of nitrogens with zero attached hydrogens (tertiary/aromatic N) is 4. The Balaban J connectivity index is 1.16. The predicted octanol–water partition coefficient (Wildman–Crippen LogP) is 3.50. The lowest BCUT2D eigenvalue weighted by molar-refractivity contribution is 0.00159. The average Bonchev–Trinajstić information content (AvgIpc) is 3.63. The van der Waals surface area contributed by atoms with E-state index in [4.69, 9.17) is 30.8 Å². The first kappa shape index (κ1) is 26.1. The van der Waals surface area contributed by atoms with E-state index in [1.54, 1.807) is 19.4 Å². The Hall–Kier alpha value is -3.12. The van der Waals surface area contributed by atoms with Gasteiger partial charge in [-0.25, -0.2) is 0 Å². The third-order valence-corrected chi connectivity index (χ3v) is 8.06. The van der Waals surface area contributed by atoms with Gasteiger partial charge in [0.05, 0.1) is 49.1 Å². The van der Waals surface area contributed by atoms with Crippen molar-refractivity contribution in [2.45, 2.75) is 31.3 Å². The highest BCUT2D eigenvalue weighted by Crippen LogP contribution is 2.33. The van der Waals surface area contributed by atoms with Gasteiger partial charge in [-0.2, -0.15) is 9.97 Å². The second-order valence-corrected chi connectivity index (χ2v) is 10.6. The maximum Gasteiger partial charge on any atom is 0.253 e. The molecule has 3 N–H and O–H groups in total. The van der Waals surface area contributed by atoms with Crippen LogP contribution in [-0.4, -0.2) is 102 Å². The van der Waals surface area contributed by atoms with Gasteiger partial charge in [0.25, 0.3) is 5.91 Å². The number of aromatic nitrogens is 3. The number of H-pyrrole nitrogens is 1. The number of carbonyl (C=O) groups excluding carboxylic acids is 1. The largest absolute Gasteiger partial charge is 0.495 e. The van der Waals surface area contributed by atoms with Gasteiger partial charge in [0.1, 0.15) is 17.2 Å². The molecular formula is C27H34ClN7O4. The van der Waals surface area contributed by atoms with Crippen LogP contribution < -0.4 is 15.4 Å². The molecule has 11 nitrogen and oxygen atoms in total. The number of halogens is 1. The van der Waals surface area contributed by atoms with E-state index in [1.807, 2.05) is 17.0 Å². The highest BCUT2D eigenvalue weighted by atomic mass is 35.5. The Bertz CT molecular complexity index is 1310. The van der Waals surface area contributed by atoms with E-state index in [9.17, 15) is 4.79 Å². The minimum Gasteiger partial charge on any atom is -0.495 e. The summed E-state index contributed by atoms with van der Waals surface area (Å²) >= 11 is 6.42. The summed E-state index contributed by atoms with van der Waals surface area (Å²) in [6, 6.07) is 6.10. The van der Waals surface area contributed by atoms with Crippen LogP contribution in [0.25, 0.3) is 11.0 Å². The van der Waals surface area contributed by atoms with Crippen molar-refractivity contribution in [3.05, 3.63) is 35.0 Å². The van der Waals surface area contributed by atoms with Crippen LogP contribution in [0, 0.1) is 0 Å². The monoisotopic (exact) mass is 555 g/mol. The first-order valence-corrected chi connectivity index (χ1v) is 13.9. The molecule has 1 aromatic carbocycles. The fraction of sp³-hybridized carbons (Fsp3) is 0.519. The van der Waals surface area contributed by atoms with Crippen LogP contribution in [0.2, 0.25) is 5.02 Å². The quantitative estimate of drug-likeness (QED) is 0.402. The van der Waals surface area contributed by atoms with Gasteiger partial charge in [-0.1, -0.05) is 11.6 Å². The number of aromatic amines is 1. The van der Waals surface area contributed by atoms with Gasteiger partial charge in [-0.3, -0.25) is 9.69 Å². The number of piperidine rings is 1. The van der Waals surface area contributed by atoms with E-state index in [-0.39, 0.29) is 11.9 Å². The van der Waals surface area contributed by atoms with Crippen LogP contribution in [0.5, 0.6) is 5.75 Å². The molecule has 1 unspecified atom stereocenters. The van der Waals surface area contributed by atoms with Crippen LogP contribution >= 0.6 is 11.6 Å². The number of fused-ring (bicyclic) bond motifs is 1. The van der Waals surface area contributed by atoms with E-state index in [0.717, 1.165) is 64.0 Å². The Labute approximate surface area is 232 Å². The molecule has 0 spiro atoms. The molecule has 0 bridgehead atoms. The lowest BCUT2D eigenvalue weighted by Crippen LogP contribution is -2.50. The minimum absolute atomic E-state index is 0.0178. The Morgan fingerprint density at radius 3 is 2.67 bits per heavy atom. The summed E-state index contributed by atoms with van der Waals surface area (Å²) < 4.78 is 16.6. The first-order valence-electron chi connectivity index (χ1n) is 13.5. The van der Waals surface area contributed by atoms with Gasteiger partial charge in [-0.15, -0.1) is 0 Å². The number of amides is 1. The molecule has 12 heteroatoms. The van der Waals surface area contributed by atoms with Crippen LogP contribution in [0.4, 0.5) is 17.5 Å². The van der Waals surface area contributed by atoms with Gasteiger partial charge >= 0.3 is 0 Å². The maximum absolute atomic E-state index is 13.3. The maximum atomic E-state index is 13.3. The summed E-state index contributed by atoms with van der Waals surface area (Å²) in [4.78, 5) is 30.2. The zero-order chi connectivity index (χ0) is 26.8. The van der Waals surface area contributed by atoms with Crippen LogP contribution in [0.1, 0.15) is 29.6 Å². The number of rotatable bonds is 7. The molecule has 3 aromatic rings. The number of morpholine rings is 1. The predicted molar refractivity (Wildman–Crippen MR) is 149 cm³/mol. The summed E-state index contributed by atoms with van der Waals surface area (Å²) in [5.74, 6) is 1.57. The van der Waals surface area contributed by atoms with Gasteiger partial charge in [0.15, 0.2) is 0 Å². The summed E-state index contributed by atoms with van der Waals surface area (Å²) in [5.41, 5.74) is 1.87. The molecule has 3 saturated heterocycles. The van der Waals surface area contributed by atoms with Crippen LogP contribution in [0.3, 0.4) is 0 Å². The molecule has 3 aliphatic rings. The third kappa shape index (κ3) is 5.62. The molecule has 1 amide bonds. The van der Waals surface area contributed by atoms with E-state index < -0.39 is 0 Å². The van der Waals surface area contributed by atoms with Crippen molar-refractivity contribution in [2.75, 3.05) is 70.3 Å². The van der Waals surface area contributed by atoms with Crippen LogP contribution in [0.15, 0.2) is 24.4 Å². The van der Waals surface area contributed by atoms with E-state index >= 15 is 0 Å². The normalized spacial score (nSPS) is 20.9. The van der Waals surface area contributed by atoms with E-state index in [1.165, 1.54) is 0 Å². The van der Waals surface area contributed by atoms with Crippen molar-refractivity contribution in [3.8, 4) is 5.75 Å². The molecule has 208 valence electrons. The zero-order valence-electron chi connectivity index (χ0n) is 22.0. The molecule has 3 aliphatic heterocycles. The highest BCUT2D eigenvalue weighted by Gasteiger charge is 2.29. The third-order valence-electron chi connectivity index (χ3n) is 7.76. The number of methoxy groups -OCH3 is 1. The second kappa shape index (κ2) is 11.5. The number of hydrogen-bond acceptors (Lipinski definition) is 9. The summed E-state index contributed by atoms with van der Waals surface area (Å²) in [6.45, 7) is 6.37. The summed E-state index contributed by atoms with van der Waals surface area (Å²) in [7, 11) is 1.59. The van der Waals surface area contributed by atoms with Gasteiger partial charge < -0.3 is 34.7 Å². The topological polar surface area (TPSA) is 117 Å². The molecular weight excluding hydrogens is 522 g/mol. The molecule has 0 saturated carbocycles. The molecule has 5 heterocycles. The number of carbonyl (C=O) groups is 1. The van der Waals surface area contributed by atoms with Crippen molar-refractivity contribution in [2.24, 2.45) is 0 Å². The fourth-order valence-electron chi connectivity index (χ4n) is 5.60. The van der Waals surface area contributed by atoms with Crippen molar-refractivity contribution in [1.82, 2.24) is 24.8 Å². The molecule has 0 radical (unpaired) electrons. The number of ether oxygens (including phenoxy) is 3. The average molecular weight is 556 g/mol. The number of likely N-dealkylation sites (tertiary alicyclic amines) is 1. The smallest absolute Gasteiger partial charge is 0.253 e. The Morgan fingerprint density at radius 1 is 1.10 bits per heavy atom. The molecule has 0 aliphatic carbocycles. The number of anilines is 3. The SMILES string of the molecule is COc1cc(C(=O)N2CCC(N3CCOCC3)CC2)ccc1Nc1nc(NC2CCOC2)c2c(Cl)c[nH]c2n1. The lowest BCUT2D eigenvalue weighted by atomic mass is 10.0. The molecule has 39 heavy (non-hydrogen) atoms. The molecule has 6 rings (SSSR count). The van der Waals surface area contributed by atoms with Gasteiger partial charge in [0, 0.05) is 50.6 Å². The lowest BCUT2D eigenvalue weighted by Gasteiger charge is -2.40. The fourth-order valence-corrected chi connectivity index (χ4v) is 5.84. The molecule has 1 atom stereocenters. The number of benzene rings is 1. The zero-order valence-corrected chi connectivity index (χ0v) is 22.8. The van der Waals surface area contributed by atoms with Crippen molar-refractivity contribution in [1.29, 1.82) is 0 Å². The van der Waals surface area contributed by atoms with Gasteiger partial charge in [-0.05, 0) is 37.5 Å². The minimum atomic E-state index is 0.0178. The van der Waals surface area contributed by atoms with E-state index in [0.29, 0.717) is 58.7 Å². The standard InChI is InChI=1S/C27H34ClN7O4/c1-37-22-14-17(26(36)35-7-4-19(5-8-35)34-9-12-38-13-10-34)2-3-21(22)31-27-32-24-23(20(28)15-29-24)25(33-27)30-18-6-11-39-16-18/h2-3,14-15,18-19H,4-13,16H2,1H3,(H3,29,30,31,32,33). The summed E-state index contributed by atoms with van der Waals surface area (Å²) in [5, 5.41) is 7.98. The Kier molecular flexibility index (Phi) is 7.73. The highest BCUT2D eigenvalue weighted by molar-refractivity contribution is 6.36.